The normalized spacial score (nSPS) is 27.8. The molecule has 2 atom stereocenters. The van der Waals surface area contributed by atoms with Crippen molar-refractivity contribution >= 4 is 0 Å². The summed E-state index contributed by atoms with van der Waals surface area (Å²) >= 11 is 0. The molecule has 2 unspecified atom stereocenters. The highest BCUT2D eigenvalue weighted by Crippen LogP contribution is 2.21. The summed E-state index contributed by atoms with van der Waals surface area (Å²) in [7, 11) is 0. The SMILES string of the molecule is CC1COC(c2ccc(O)cc2)N1. The predicted octanol–water partition coefficient (Wildman–Crippen LogP) is 1.40. The van der Waals surface area contributed by atoms with Crippen LogP contribution in [0, 0.1) is 0 Å². The zero-order chi connectivity index (χ0) is 9.26. The maximum atomic E-state index is 9.09. The third-order valence-corrected chi connectivity index (χ3v) is 2.14. The summed E-state index contributed by atoms with van der Waals surface area (Å²) in [4.78, 5) is 0. The highest BCUT2D eigenvalue weighted by atomic mass is 16.5. The van der Waals surface area contributed by atoms with Crippen molar-refractivity contribution in [2.75, 3.05) is 6.61 Å². The fraction of sp³-hybridized carbons (Fsp3) is 0.400. The number of nitrogens with one attached hydrogen (secondary N) is 1. The third-order valence-electron chi connectivity index (χ3n) is 2.14. The Morgan fingerprint density at radius 3 is 2.62 bits per heavy atom. The molecule has 2 N–H and O–H groups in total. The highest BCUT2D eigenvalue weighted by molar-refractivity contribution is 5.27. The molecule has 3 nitrogen and oxygen atoms in total. The quantitative estimate of drug-likeness (QED) is 0.684. The molecule has 70 valence electrons. The van der Waals surface area contributed by atoms with Gasteiger partial charge in [-0.25, -0.2) is 0 Å². The van der Waals surface area contributed by atoms with Crippen LogP contribution in [-0.4, -0.2) is 17.8 Å². The number of aromatic hydroxyl groups is 1. The molecule has 0 aromatic heterocycles. The van der Waals surface area contributed by atoms with Crippen LogP contribution in [0.15, 0.2) is 24.3 Å². The molecule has 1 aromatic carbocycles. The summed E-state index contributed by atoms with van der Waals surface area (Å²) in [6, 6.07) is 7.47. The number of phenolic OH excluding ortho intramolecular Hbond substituents is 1. The average Bonchev–Trinajstić information content (AvgIpc) is 2.53. The Bertz CT molecular complexity index is 283. The first kappa shape index (κ1) is 8.53. The summed E-state index contributed by atoms with van der Waals surface area (Å²) in [5, 5.41) is 12.4. The molecule has 0 spiro atoms. The first-order valence-electron chi connectivity index (χ1n) is 4.42. The largest absolute Gasteiger partial charge is 0.508 e. The zero-order valence-electron chi connectivity index (χ0n) is 7.53. The van der Waals surface area contributed by atoms with Gasteiger partial charge in [-0.3, -0.25) is 5.32 Å². The fourth-order valence-electron chi connectivity index (χ4n) is 1.44. The van der Waals surface area contributed by atoms with Crippen molar-refractivity contribution < 1.29 is 9.84 Å². The van der Waals surface area contributed by atoms with Gasteiger partial charge in [0.1, 0.15) is 12.0 Å². The van der Waals surface area contributed by atoms with Crippen molar-refractivity contribution in [1.29, 1.82) is 0 Å². The molecular formula is C10H13NO2. The molecule has 0 aliphatic carbocycles. The number of ether oxygens (including phenoxy) is 1. The molecule has 1 aliphatic heterocycles. The molecule has 3 heteroatoms. The van der Waals surface area contributed by atoms with Gasteiger partial charge in [0.05, 0.1) is 6.61 Å². The van der Waals surface area contributed by atoms with Crippen LogP contribution in [0.4, 0.5) is 0 Å². The van der Waals surface area contributed by atoms with E-state index in [9.17, 15) is 0 Å². The van der Waals surface area contributed by atoms with Crippen molar-refractivity contribution in [2.24, 2.45) is 0 Å². The summed E-state index contributed by atoms with van der Waals surface area (Å²) in [5.74, 6) is 0.287. The molecule has 1 aromatic rings. The van der Waals surface area contributed by atoms with Crippen LogP contribution >= 0.6 is 0 Å². The number of benzene rings is 1. The predicted molar refractivity (Wildman–Crippen MR) is 49.4 cm³/mol. The number of hydrogen-bond acceptors (Lipinski definition) is 3. The summed E-state index contributed by atoms with van der Waals surface area (Å²) in [6.45, 7) is 2.83. The van der Waals surface area contributed by atoms with Crippen molar-refractivity contribution in [1.82, 2.24) is 5.32 Å². The van der Waals surface area contributed by atoms with E-state index in [1.807, 2.05) is 12.1 Å². The molecular weight excluding hydrogens is 166 g/mol. The first-order valence-corrected chi connectivity index (χ1v) is 4.42. The van der Waals surface area contributed by atoms with E-state index in [1.165, 1.54) is 0 Å². The smallest absolute Gasteiger partial charge is 0.134 e. The maximum absolute atomic E-state index is 9.09. The second kappa shape index (κ2) is 3.36. The minimum Gasteiger partial charge on any atom is -0.508 e. The molecule has 0 amide bonds. The molecule has 13 heavy (non-hydrogen) atoms. The molecule has 1 heterocycles. The molecule has 1 aliphatic rings. The van der Waals surface area contributed by atoms with Gasteiger partial charge in [-0.1, -0.05) is 12.1 Å². The Kier molecular flexibility index (Phi) is 2.20. The third kappa shape index (κ3) is 1.82. The lowest BCUT2D eigenvalue weighted by molar-refractivity contribution is 0.101. The maximum Gasteiger partial charge on any atom is 0.134 e. The van der Waals surface area contributed by atoms with Crippen LogP contribution < -0.4 is 5.32 Å². The lowest BCUT2D eigenvalue weighted by Gasteiger charge is -2.10. The van der Waals surface area contributed by atoms with E-state index >= 15 is 0 Å². The van der Waals surface area contributed by atoms with Gasteiger partial charge in [0.15, 0.2) is 0 Å². The van der Waals surface area contributed by atoms with E-state index in [1.54, 1.807) is 12.1 Å². The van der Waals surface area contributed by atoms with Gasteiger partial charge in [0, 0.05) is 6.04 Å². The van der Waals surface area contributed by atoms with Gasteiger partial charge in [-0.05, 0) is 24.6 Å². The van der Waals surface area contributed by atoms with Gasteiger partial charge < -0.3 is 9.84 Å². The lowest BCUT2D eigenvalue weighted by atomic mass is 10.2. The molecule has 0 bridgehead atoms. The number of rotatable bonds is 1. The zero-order valence-corrected chi connectivity index (χ0v) is 7.53. The topological polar surface area (TPSA) is 41.5 Å². The van der Waals surface area contributed by atoms with E-state index in [0.717, 1.165) is 12.2 Å². The molecule has 0 saturated carbocycles. The van der Waals surface area contributed by atoms with E-state index in [0.29, 0.717) is 6.04 Å². The minimum atomic E-state index is -0.0180. The standard InChI is InChI=1S/C10H13NO2/c1-7-6-13-10(11-7)8-2-4-9(12)5-3-8/h2-5,7,10-12H,6H2,1H3. The lowest BCUT2D eigenvalue weighted by Crippen LogP contribution is -2.22. The minimum absolute atomic E-state index is 0.0180. The summed E-state index contributed by atoms with van der Waals surface area (Å²) in [6.07, 6.45) is -0.0180. The molecule has 1 saturated heterocycles. The van der Waals surface area contributed by atoms with E-state index in [2.05, 4.69) is 12.2 Å². The fourth-order valence-corrected chi connectivity index (χ4v) is 1.44. The second-order valence-electron chi connectivity index (χ2n) is 3.37. The Balaban J connectivity index is 2.13. The molecule has 2 rings (SSSR count). The van der Waals surface area contributed by atoms with Gasteiger partial charge in [0.25, 0.3) is 0 Å². The van der Waals surface area contributed by atoms with Crippen molar-refractivity contribution in [2.45, 2.75) is 19.2 Å². The monoisotopic (exact) mass is 179 g/mol. The Morgan fingerprint density at radius 1 is 1.38 bits per heavy atom. The van der Waals surface area contributed by atoms with Crippen LogP contribution in [0.3, 0.4) is 0 Å². The van der Waals surface area contributed by atoms with Crippen LogP contribution in [0.2, 0.25) is 0 Å². The van der Waals surface area contributed by atoms with Crippen molar-refractivity contribution in [3.63, 3.8) is 0 Å². The first-order chi connectivity index (χ1) is 6.25. The van der Waals surface area contributed by atoms with Crippen LogP contribution in [-0.2, 0) is 4.74 Å². The summed E-state index contributed by atoms with van der Waals surface area (Å²) in [5.41, 5.74) is 1.06. The van der Waals surface area contributed by atoms with Gasteiger partial charge in [0.2, 0.25) is 0 Å². The summed E-state index contributed by atoms with van der Waals surface area (Å²) < 4.78 is 5.50. The Morgan fingerprint density at radius 2 is 2.08 bits per heavy atom. The van der Waals surface area contributed by atoms with E-state index < -0.39 is 0 Å². The number of phenols is 1. The van der Waals surface area contributed by atoms with Gasteiger partial charge >= 0.3 is 0 Å². The molecule has 1 fully saturated rings. The Hall–Kier alpha value is -1.06. The van der Waals surface area contributed by atoms with Gasteiger partial charge in [-0.2, -0.15) is 0 Å². The average molecular weight is 179 g/mol. The van der Waals surface area contributed by atoms with Crippen LogP contribution in [0.1, 0.15) is 18.7 Å². The second-order valence-corrected chi connectivity index (χ2v) is 3.37. The number of hydrogen-bond donors (Lipinski definition) is 2. The Labute approximate surface area is 77.3 Å². The van der Waals surface area contributed by atoms with Crippen molar-refractivity contribution in [3.05, 3.63) is 29.8 Å². The highest BCUT2D eigenvalue weighted by Gasteiger charge is 2.21. The molecule has 0 radical (unpaired) electrons. The van der Waals surface area contributed by atoms with E-state index in [4.69, 9.17) is 9.84 Å². The van der Waals surface area contributed by atoms with Gasteiger partial charge in [-0.15, -0.1) is 0 Å². The van der Waals surface area contributed by atoms with Crippen LogP contribution in [0.5, 0.6) is 5.75 Å². The van der Waals surface area contributed by atoms with E-state index in [-0.39, 0.29) is 12.0 Å². The van der Waals surface area contributed by atoms with Crippen molar-refractivity contribution in [3.8, 4) is 5.75 Å². The van der Waals surface area contributed by atoms with Crippen LogP contribution in [0.25, 0.3) is 0 Å².